The quantitative estimate of drug-likeness (QED) is 0.771. The van der Waals surface area contributed by atoms with Gasteiger partial charge in [0.25, 0.3) is 0 Å². The molecule has 15 heavy (non-hydrogen) atoms. The molecule has 0 spiro atoms. The molecular weight excluding hydrogens is 190 g/mol. The highest BCUT2D eigenvalue weighted by Crippen LogP contribution is 2.27. The number of hydrogen-bond acceptors (Lipinski definition) is 2. The fourth-order valence-corrected chi connectivity index (χ4v) is 2.58. The highest BCUT2D eigenvalue weighted by Gasteiger charge is 2.20. The first-order valence-corrected chi connectivity index (χ1v) is 6.23. The van der Waals surface area contributed by atoms with Crippen LogP contribution >= 0.6 is 0 Å². The predicted molar refractivity (Wildman–Crippen MR) is 58.6 cm³/mol. The fourth-order valence-electron chi connectivity index (χ4n) is 2.58. The van der Waals surface area contributed by atoms with Gasteiger partial charge in [-0.25, -0.2) is 0 Å². The fraction of sp³-hybridized carbons (Fsp3) is 0.917. The number of hydrogen-bond donors (Lipinski definition) is 1. The van der Waals surface area contributed by atoms with Crippen molar-refractivity contribution in [1.29, 1.82) is 0 Å². The van der Waals surface area contributed by atoms with Crippen LogP contribution in [0, 0.1) is 5.92 Å². The molecule has 1 aliphatic heterocycles. The molecule has 0 radical (unpaired) electrons. The van der Waals surface area contributed by atoms with E-state index < -0.39 is 0 Å². The van der Waals surface area contributed by atoms with E-state index in [1.807, 2.05) is 0 Å². The summed E-state index contributed by atoms with van der Waals surface area (Å²) in [6.45, 7) is 1.58. The first kappa shape index (κ1) is 10.9. The topological polar surface area (TPSA) is 38.3 Å². The number of amides is 1. The molecule has 0 aromatic carbocycles. The lowest BCUT2D eigenvalue weighted by atomic mass is 10.0. The van der Waals surface area contributed by atoms with E-state index in [4.69, 9.17) is 4.74 Å². The molecule has 0 aromatic heterocycles. The number of carbonyl (C=O) groups excluding carboxylic acids is 1. The van der Waals surface area contributed by atoms with Gasteiger partial charge in [-0.3, -0.25) is 4.79 Å². The third-order valence-electron chi connectivity index (χ3n) is 3.50. The smallest absolute Gasteiger partial charge is 0.220 e. The zero-order valence-electron chi connectivity index (χ0n) is 9.34. The molecule has 86 valence electrons. The molecule has 1 aliphatic carbocycles. The van der Waals surface area contributed by atoms with E-state index in [0.29, 0.717) is 12.5 Å². The maximum absolute atomic E-state index is 11.6. The summed E-state index contributed by atoms with van der Waals surface area (Å²) in [4.78, 5) is 11.6. The molecule has 3 nitrogen and oxygen atoms in total. The maximum atomic E-state index is 11.6. The van der Waals surface area contributed by atoms with E-state index in [1.165, 1.54) is 25.7 Å². The molecule has 0 unspecified atom stereocenters. The molecule has 2 fully saturated rings. The van der Waals surface area contributed by atoms with Crippen molar-refractivity contribution in [1.82, 2.24) is 5.32 Å². The van der Waals surface area contributed by atoms with E-state index in [9.17, 15) is 4.79 Å². The summed E-state index contributed by atoms with van der Waals surface area (Å²) < 4.78 is 5.46. The second-order valence-electron chi connectivity index (χ2n) is 4.79. The molecule has 2 aliphatic rings. The van der Waals surface area contributed by atoms with Crippen molar-refractivity contribution in [2.45, 2.75) is 51.0 Å². The highest BCUT2D eigenvalue weighted by molar-refractivity contribution is 5.76. The van der Waals surface area contributed by atoms with Crippen LogP contribution in [0.25, 0.3) is 0 Å². The van der Waals surface area contributed by atoms with E-state index in [0.717, 1.165) is 25.9 Å². The SMILES string of the molecule is O=C(CC1CCCC1)NC[C@H]1CCCO1. The van der Waals surface area contributed by atoms with Crippen LogP contribution in [0.2, 0.25) is 0 Å². The van der Waals surface area contributed by atoms with Crippen molar-refractivity contribution in [3.8, 4) is 0 Å². The molecule has 1 amide bonds. The molecule has 0 aromatic rings. The molecule has 3 heteroatoms. The summed E-state index contributed by atoms with van der Waals surface area (Å²) in [6.07, 6.45) is 8.35. The van der Waals surface area contributed by atoms with Gasteiger partial charge in [-0.05, 0) is 31.6 Å². The second-order valence-corrected chi connectivity index (χ2v) is 4.79. The second kappa shape index (κ2) is 5.50. The van der Waals surface area contributed by atoms with E-state index >= 15 is 0 Å². The summed E-state index contributed by atoms with van der Waals surface area (Å²) in [5, 5.41) is 2.99. The average Bonchev–Trinajstić information content (AvgIpc) is 2.86. The van der Waals surface area contributed by atoms with Crippen LogP contribution in [0.15, 0.2) is 0 Å². The Balaban J connectivity index is 1.59. The minimum absolute atomic E-state index is 0.220. The molecular formula is C12H21NO2. The van der Waals surface area contributed by atoms with Gasteiger partial charge in [0.05, 0.1) is 6.10 Å². The van der Waals surface area contributed by atoms with Crippen LogP contribution in [0.4, 0.5) is 0 Å². The van der Waals surface area contributed by atoms with Gasteiger partial charge < -0.3 is 10.1 Å². The Morgan fingerprint density at radius 2 is 2.00 bits per heavy atom. The maximum Gasteiger partial charge on any atom is 0.220 e. The summed E-state index contributed by atoms with van der Waals surface area (Å²) in [6, 6.07) is 0. The lowest BCUT2D eigenvalue weighted by molar-refractivity contribution is -0.122. The van der Waals surface area contributed by atoms with Gasteiger partial charge in [-0.1, -0.05) is 12.8 Å². The number of nitrogens with one attached hydrogen (secondary N) is 1. The molecule has 1 N–H and O–H groups in total. The van der Waals surface area contributed by atoms with Gasteiger partial charge in [0.1, 0.15) is 0 Å². The molecule has 1 atom stereocenters. The van der Waals surface area contributed by atoms with Crippen molar-refractivity contribution >= 4 is 5.91 Å². The first-order chi connectivity index (χ1) is 7.34. The molecule has 1 heterocycles. The average molecular weight is 211 g/mol. The Hall–Kier alpha value is -0.570. The molecule has 0 bridgehead atoms. The van der Waals surface area contributed by atoms with Gasteiger partial charge in [0, 0.05) is 19.6 Å². The third kappa shape index (κ3) is 3.49. The van der Waals surface area contributed by atoms with E-state index in [1.54, 1.807) is 0 Å². The zero-order valence-corrected chi connectivity index (χ0v) is 9.34. The normalized spacial score (nSPS) is 27.1. The Morgan fingerprint density at radius 1 is 1.20 bits per heavy atom. The Labute approximate surface area is 91.6 Å². The lowest BCUT2D eigenvalue weighted by Crippen LogP contribution is -2.32. The van der Waals surface area contributed by atoms with Gasteiger partial charge in [0.15, 0.2) is 0 Å². The number of rotatable bonds is 4. The third-order valence-corrected chi connectivity index (χ3v) is 3.50. The standard InChI is InChI=1S/C12H21NO2/c14-12(8-10-4-1-2-5-10)13-9-11-6-3-7-15-11/h10-11H,1-9H2,(H,13,14)/t11-/m1/s1. The first-order valence-electron chi connectivity index (χ1n) is 6.23. The molecule has 1 saturated carbocycles. The van der Waals surface area contributed by atoms with Crippen LogP contribution in [-0.2, 0) is 9.53 Å². The molecule has 1 saturated heterocycles. The summed E-state index contributed by atoms with van der Waals surface area (Å²) in [7, 11) is 0. The van der Waals surface area contributed by atoms with Crippen LogP contribution < -0.4 is 5.32 Å². The predicted octanol–water partition coefficient (Wildman–Crippen LogP) is 1.86. The van der Waals surface area contributed by atoms with Crippen molar-refractivity contribution in [2.24, 2.45) is 5.92 Å². The van der Waals surface area contributed by atoms with Gasteiger partial charge >= 0.3 is 0 Å². The highest BCUT2D eigenvalue weighted by atomic mass is 16.5. The zero-order chi connectivity index (χ0) is 10.5. The minimum atomic E-state index is 0.220. The summed E-state index contributed by atoms with van der Waals surface area (Å²) >= 11 is 0. The van der Waals surface area contributed by atoms with Crippen LogP contribution in [0.5, 0.6) is 0 Å². The number of carbonyl (C=O) groups is 1. The summed E-state index contributed by atoms with van der Waals surface area (Å²) in [5.74, 6) is 0.867. The van der Waals surface area contributed by atoms with Crippen LogP contribution in [0.3, 0.4) is 0 Å². The molecule has 2 rings (SSSR count). The largest absolute Gasteiger partial charge is 0.376 e. The summed E-state index contributed by atoms with van der Waals surface area (Å²) in [5.41, 5.74) is 0. The van der Waals surface area contributed by atoms with Gasteiger partial charge in [-0.2, -0.15) is 0 Å². The monoisotopic (exact) mass is 211 g/mol. The van der Waals surface area contributed by atoms with Crippen LogP contribution in [-0.4, -0.2) is 25.2 Å². The van der Waals surface area contributed by atoms with Crippen molar-refractivity contribution in [3.63, 3.8) is 0 Å². The Bertz CT molecular complexity index is 206. The van der Waals surface area contributed by atoms with Crippen LogP contribution in [0.1, 0.15) is 44.9 Å². The Morgan fingerprint density at radius 3 is 2.67 bits per heavy atom. The number of ether oxygens (including phenoxy) is 1. The van der Waals surface area contributed by atoms with Crippen molar-refractivity contribution < 1.29 is 9.53 Å². The van der Waals surface area contributed by atoms with E-state index in [2.05, 4.69) is 5.32 Å². The minimum Gasteiger partial charge on any atom is -0.376 e. The lowest BCUT2D eigenvalue weighted by Gasteiger charge is -2.12. The van der Waals surface area contributed by atoms with Gasteiger partial charge in [0.2, 0.25) is 5.91 Å². The Kier molecular flexibility index (Phi) is 4.01. The van der Waals surface area contributed by atoms with Crippen molar-refractivity contribution in [3.05, 3.63) is 0 Å². The van der Waals surface area contributed by atoms with Crippen molar-refractivity contribution in [2.75, 3.05) is 13.2 Å². The van der Waals surface area contributed by atoms with Gasteiger partial charge in [-0.15, -0.1) is 0 Å². The van der Waals surface area contributed by atoms with E-state index in [-0.39, 0.29) is 12.0 Å².